The Morgan fingerprint density at radius 1 is 0.857 bits per heavy atom. The predicted molar refractivity (Wildman–Crippen MR) is 114 cm³/mol. The zero-order valence-electron chi connectivity index (χ0n) is 16.4. The summed E-state index contributed by atoms with van der Waals surface area (Å²) in [5.41, 5.74) is 5.29. The molecule has 0 unspecified atom stereocenters. The molecule has 0 spiro atoms. The third-order valence-corrected chi connectivity index (χ3v) is 5.23. The molecule has 3 aromatic carbocycles. The van der Waals surface area contributed by atoms with Crippen LogP contribution in [-0.4, -0.2) is 18.2 Å². The summed E-state index contributed by atoms with van der Waals surface area (Å²) in [7, 11) is 1.70. The third-order valence-electron chi connectivity index (χ3n) is 5.23. The Kier molecular flexibility index (Phi) is 6.61. The van der Waals surface area contributed by atoms with Gasteiger partial charge in [0, 0.05) is 34.9 Å². The maximum absolute atomic E-state index is 5.21. The minimum absolute atomic E-state index is 0. The van der Waals surface area contributed by atoms with Crippen LogP contribution in [0.5, 0.6) is 5.75 Å². The Labute approximate surface area is 172 Å². The third kappa shape index (κ3) is 4.01. The van der Waals surface area contributed by atoms with E-state index < -0.39 is 0 Å². The van der Waals surface area contributed by atoms with Gasteiger partial charge < -0.3 is 27.0 Å². The molecule has 4 aromatic rings. The molecule has 0 amide bonds. The van der Waals surface area contributed by atoms with Crippen molar-refractivity contribution in [2.75, 3.05) is 13.7 Å². The first-order valence-electron chi connectivity index (χ1n) is 9.63. The molecule has 0 saturated heterocycles. The normalized spacial score (nSPS) is 10.9. The topological polar surface area (TPSA) is 26.2 Å². The average molecular weight is 394 g/mol. The fraction of sp³-hybridized carbons (Fsp3) is 0.250. The number of nitrogens with zero attached hydrogens (tertiary/aromatic N) is 1. The average Bonchev–Trinajstić information content (AvgIpc) is 3.05. The number of methoxy groups -OCH3 is 1. The SMILES string of the molecule is CCn1c2ccccc2c2cc(CNCCc3ccc(OC)cc3)ccc21.[Cl-]. The fourth-order valence-corrected chi connectivity index (χ4v) is 3.81. The van der Waals surface area contributed by atoms with Crippen LogP contribution >= 0.6 is 0 Å². The van der Waals surface area contributed by atoms with E-state index in [-0.39, 0.29) is 12.4 Å². The minimum Gasteiger partial charge on any atom is -1.00 e. The lowest BCUT2D eigenvalue weighted by Crippen LogP contribution is -3.00. The van der Waals surface area contributed by atoms with Crippen LogP contribution in [0.15, 0.2) is 66.7 Å². The van der Waals surface area contributed by atoms with Crippen molar-refractivity contribution in [1.82, 2.24) is 9.88 Å². The van der Waals surface area contributed by atoms with Gasteiger partial charge in [0.05, 0.1) is 7.11 Å². The van der Waals surface area contributed by atoms with Gasteiger partial charge in [0.25, 0.3) is 0 Å². The van der Waals surface area contributed by atoms with E-state index in [1.807, 2.05) is 12.1 Å². The van der Waals surface area contributed by atoms with Gasteiger partial charge in [-0.3, -0.25) is 0 Å². The zero-order valence-corrected chi connectivity index (χ0v) is 17.2. The molecule has 0 aliphatic heterocycles. The first-order chi connectivity index (χ1) is 13.3. The summed E-state index contributed by atoms with van der Waals surface area (Å²) in [5.74, 6) is 0.909. The number of hydrogen-bond donors (Lipinski definition) is 1. The molecule has 3 nitrogen and oxygen atoms in total. The van der Waals surface area contributed by atoms with E-state index in [9.17, 15) is 0 Å². The number of hydrogen-bond acceptors (Lipinski definition) is 2. The van der Waals surface area contributed by atoms with Crippen LogP contribution in [0.25, 0.3) is 21.8 Å². The van der Waals surface area contributed by atoms with E-state index in [1.54, 1.807) is 7.11 Å². The quantitative estimate of drug-likeness (QED) is 0.487. The van der Waals surface area contributed by atoms with Gasteiger partial charge >= 0.3 is 0 Å². The van der Waals surface area contributed by atoms with Crippen LogP contribution < -0.4 is 22.5 Å². The monoisotopic (exact) mass is 393 g/mol. The molecule has 4 rings (SSSR count). The second-order valence-electron chi connectivity index (χ2n) is 6.89. The van der Waals surface area contributed by atoms with Crippen molar-refractivity contribution in [3.05, 3.63) is 77.9 Å². The summed E-state index contributed by atoms with van der Waals surface area (Å²) in [4.78, 5) is 0. The number of ether oxygens (including phenoxy) is 1. The molecule has 0 fully saturated rings. The summed E-state index contributed by atoms with van der Waals surface area (Å²) in [5, 5.41) is 6.27. The number of aryl methyl sites for hydroxylation is 1. The largest absolute Gasteiger partial charge is 1.00 e. The lowest BCUT2D eigenvalue weighted by molar-refractivity contribution is -0.00000575. The Morgan fingerprint density at radius 3 is 2.32 bits per heavy atom. The van der Waals surface area contributed by atoms with E-state index in [0.717, 1.165) is 31.8 Å². The second kappa shape index (κ2) is 9.13. The predicted octanol–water partition coefficient (Wildman–Crippen LogP) is 2.16. The second-order valence-corrected chi connectivity index (χ2v) is 6.89. The molecular weight excluding hydrogens is 368 g/mol. The van der Waals surface area contributed by atoms with Crippen LogP contribution in [0.2, 0.25) is 0 Å². The van der Waals surface area contributed by atoms with Crippen molar-refractivity contribution in [2.45, 2.75) is 26.4 Å². The maximum Gasteiger partial charge on any atom is 0.118 e. The van der Waals surface area contributed by atoms with Crippen LogP contribution in [0, 0.1) is 0 Å². The summed E-state index contributed by atoms with van der Waals surface area (Å²) in [6, 6.07) is 23.8. The van der Waals surface area contributed by atoms with E-state index in [4.69, 9.17) is 4.74 Å². The first kappa shape index (κ1) is 20.2. The number of benzene rings is 3. The Bertz CT molecular complexity index is 1050. The number of nitrogens with one attached hydrogen (secondary N) is 1. The number of aromatic nitrogens is 1. The highest BCUT2D eigenvalue weighted by Crippen LogP contribution is 2.29. The smallest absolute Gasteiger partial charge is 0.118 e. The first-order valence-corrected chi connectivity index (χ1v) is 9.63. The Balaban J connectivity index is 0.00000225. The summed E-state index contributed by atoms with van der Waals surface area (Å²) < 4.78 is 7.61. The van der Waals surface area contributed by atoms with Crippen molar-refractivity contribution >= 4 is 21.8 Å². The Hall–Kier alpha value is -2.49. The van der Waals surface area contributed by atoms with E-state index in [0.29, 0.717) is 0 Å². The molecule has 1 heterocycles. The molecule has 28 heavy (non-hydrogen) atoms. The fourth-order valence-electron chi connectivity index (χ4n) is 3.81. The van der Waals surface area contributed by atoms with Crippen LogP contribution in [-0.2, 0) is 19.5 Å². The summed E-state index contributed by atoms with van der Waals surface area (Å²) >= 11 is 0. The van der Waals surface area contributed by atoms with Gasteiger partial charge in [-0.05, 0) is 61.3 Å². The van der Waals surface area contributed by atoms with Gasteiger partial charge in [-0.15, -0.1) is 0 Å². The van der Waals surface area contributed by atoms with Crippen molar-refractivity contribution in [3.63, 3.8) is 0 Å². The standard InChI is InChI=1S/C24H26N2O.ClH/c1-3-26-23-7-5-4-6-21(23)22-16-19(10-13-24(22)26)17-25-15-14-18-8-11-20(27-2)12-9-18;/h4-13,16,25H,3,14-15,17H2,1-2H3;1H/p-1. The maximum atomic E-state index is 5.21. The van der Waals surface area contributed by atoms with E-state index >= 15 is 0 Å². The minimum atomic E-state index is 0. The van der Waals surface area contributed by atoms with Crippen molar-refractivity contribution in [3.8, 4) is 5.75 Å². The highest BCUT2D eigenvalue weighted by Gasteiger charge is 2.09. The molecule has 0 radical (unpaired) electrons. The molecular formula is C24H26ClN2O-. The van der Waals surface area contributed by atoms with Gasteiger partial charge in [0.2, 0.25) is 0 Å². The molecule has 0 saturated carbocycles. The molecule has 0 atom stereocenters. The lowest BCUT2D eigenvalue weighted by Gasteiger charge is -2.07. The molecule has 0 aliphatic rings. The van der Waals surface area contributed by atoms with Gasteiger partial charge in [0.1, 0.15) is 5.75 Å². The van der Waals surface area contributed by atoms with Gasteiger partial charge in [0.15, 0.2) is 0 Å². The van der Waals surface area contributed by atoms with Crippen molar-refractivity contribution < 1.29 is 17.1 Å². The molecule has 0 aliphatic carbocycles. The van der Waals surface area contributed by atoms with Crippen LogP contribution in [0.4, 0.5) is 0 Å². The lowest BCUT2D eigenvalue weighted by atomic mass is 10.1. The number of para-hydroxylation sites is 1. The van der Waals surface area contributed by atoms with E-state index in [2.05, 4.69) is 71.4 Å². The zero-order chi connectivity index (χ0) is 18.6. The molecule has 0 bridgehead atoms. The van der Waals surface area contributed by atoms with Crippen molar-refractivity contribution in [1.29, 1.82) is 0 Å². The van der Waals surface area contributed by atoms with Gasteiger partial charge in [-0.2, -0.15) is 0 Å². The molecule has 4 heteroatoms. The van der Waals surface area contributed by atoms with Crippen LogP contribution in [0.1, 0.15) is 18.1 Å². The van der Waals surface area contributed by atoms with Gasteiger partial charge in [-0.25, -0.2) is 0 Å². The Morgan fingerprint density at radius 2 is 1.57 bits per heavy atom. The van der Waals surface area contributed by atoms with Gasteiger partial charge in [-0.1, -0.05) is 36.4 Å². The van der Waals surface area contributed by atoms with E-state index in [1.165, 1.54) is 32.9 Å². The number of halogens is 1. The summed E-state index contributed by atoms with van der Waals surface area (Å²) in [6.07, 6.45) is 1.02. The van der Waals surface area contributed by atoms with Crippen LogP contribution in [0.3, 0.4) is 0 Å². The summed E-state index contributed by atoms with van der Waals surface area (Å²) in [6.45, 7) is 5.04. The highest BCUT2D eigenvalue weighted by atomic mass is 35.5. The highest BCUT2D eigenvalue weighted by molar-refractivity contribution is 6.08. The molecule has 1 N–H and O–H groups in total. The number of fused-ring (bicyclic) bond motifs is 3. The number of rotatable bonds is 7. The molecule has 146 valence electrons. The van der Waals surface area contributed by atoms with Crippen molar-refractivity contribution in [2.24, 2.45) is 0 Å². The molecule has 1 aromatic heterocycles.